The van der Waals surface area contributed by atoms with Crippen LogP contribution in [0, 0.1) is 5.82 Å². The molecule has 1 saturated heterocycles. The summed E-state index contributed by atoms with van der Waals surface area (Å²) in [5.41, 5.74) is 3.59. The summed E-state index contributed by atoms with van der Waals surface area (Å²) in [5.74, 6) is 0.605. The van der Waals surface area contributed by atoms with Crippen LogP contribution in [-0.4, -0.2) is 20.8 Å². The minimum Gasteiger partial charge on any atom is -0.490 e. The van der Waals surface area contributed by atoms with Crippen LogP contribution in [0.4, 0.5) is 10.1 Å². The molecule has 2 aromatic carbocycles. The molecule has 36 heavy (non-hydrogen) atoms. The van der Waals surface area contributed by atoms with Crippen molar-refractivity contribution >= 4 is 23.0 Å². The Morgan fingerprint density at radius 2 is 1.75 bits per heavy atom. The normalized spacial score (nSPS) is 20.0. The third kappa shape index (κ3) is 4.35. The molecule has 6 rings (SSSR count). The fourth-order valence-corrected chi connectivity index (χ4v) is 5.66. The lowest BCUT2D eigenvalue weighted by atomic mass is 10.0. The number of pyridine rings is 1. The number of benzene rings is 2. The minimum atomic E-state index is -0.275. The van der Waals surface area contributed by atoms with Gasteiger partial charge in [0.1, 0.15) is 17.6 Å². The highest BCUT2D eigenvalue weighted by Crippen LogP contribution is 2.42. The van der Waals surface area contributed by atoms with Crippen molar-refractivity contribution in [2.75, 3.05) is 4.90 Å². The van der Waals surface area contributed by atoms with Crippen molar-refractivity contribution in [2.45, 2.75) is 43.9 Å². The van der Waals surface area contributed by atoms with Crippen molar-refractivity contribution in [3.05, 3.63) is 108 Å². The van der Waals surface area contributed by atoms with Crippen LogP contribution < -0.4 is 15.0 Å². The van der Waals surface area contributed by atoms with Crippen LogP contribution in [0.1, 0.15) is 49.2 Å². The molecule has 0 radical (unpaired) electrons. The second kappa shape index (κ2) is 9.74. The number of nitrogens with zero attached hydrogens (tertiary/aromatic N) is 3. The first kappa shape index (κ1) is 22.7. The van der Waals surface area contributed by atoms with Crippen LogP contribution in [0.5, 0.6) is 5.75 Å². The quantitative estimate of drug-likeness (QED) is 0.307. The molecule has 182 valence electrons. The topological polar surface area (TPSA) is 42.3 Å². The van der Waals surface area contributed by atoms with E-state index in [0.717, 1.165) is 41.4 Å². The van der Waals surface area contributed by atoms with Gasteiger partial charge in [-0.25, -0.2) is 4.39 Å². The molecule has 1 saturated carbocycles. The Kier molecular flexibility index (Phi) is 6.15. The van der Waals surface area contributed by atoms with Crippen LogP contribution in [0.25, 0.3) is 5.69 Å². The average Bonchev–Trinajstić information content (AvgIpc) is 3.65. The molecule has 2 aliphatic rings. The molecular formula is C29H27FN4OS. The summed E-state index contributed by atoms with van der Waals surface area (Å²) in [6.07, 6.45) is 8.76. The third-order valence-electron chi connectivity index (χ3n) is 6.99. The number of thiocarbonyl (C=S) groups is 1. The molecule has 0 bridgehead atoms. The second-order valence-electron chi connectivity index (χ2n) is 9.30. The van der Waals surface area contributed by atoms with E-state index in [4.69, 9.17) is 17.0 Å². The maximum Gasteiger partial charge on any atom is 0.174 e. The maximum absolute atomic E-state index is 14.1. The molecule has 7 heteroatoms. The Balaban J connectivity index is 1.40. The van der Waals surface area contributed by atoms with Crippen LogP contribution in [0.2, 0.25) is 0 Å². The molecule has 0 spiro atoms. The Labute approximate surface area is 215 Å². The molecule has 0 unspecified atom stereocenters. The van der Waals surface area contributed by atoms with Crippen molar-refractivity contribution in [3.63, 3.8) is 0 Å². The van der Waals surface area contributed by atoms with Gasteiger partial charge in [-0.2, -0.15) is 0 Å². The molecule has 2 aromatic heterocycles. The molecule has 4 aromatic rings. The first-order valence-electron chi connectivity index (χ1n) is 12.4. The summed E-state index contributed by atoms with van der Waals surface area (Å²) in [5, 5.41) is 4.11. The first-order valence-corrected chi connectivity index (χ1v) is 12.8. The minimum absolute atomic E-state index is 0.185. The number of hydrogen-bond donors (Lipinski definition) is 1. The van der Waals surface area contributed by atoms with Gasteiger partial charge in [0, 0.05) is 29.5 Å². The van der Waals surface area contributed by atoms with Crippen LogP contribution in [-0.2, 0) is 0 Å². The van der Waals surface area contributed by atoms with Gasteiger partial charge in [-0.1, -0.05) is 12.1 Å². The van der Waals surface area contributed by atoms with Crippen molar-refractivity contribution < 1.29 is 9.13 Å². The standard InChI is InChI=1S/C29H27FN4OS/c30-20-7-5-8-22(19-20)33-18-6-12-26(33)28-27(25-11-3-4-17-31-25)32-29(36)34(28)21-13-15-24(16-14-21)35-23-9-1-2-10-23/h3-8,11-19,23,27-28H,1-2,9-10H2,(H,32,36)/t27-,28-/m0/s1. The summed E-state index contributed by atoms with van der Waals surface area (Å²) in [6, 6.07) is 24.3. The number of halogens is 1. The summed E-state index contributed by atoms with van der Waals surface area (Å²) >= 11 is 5.87. The van der Waals surface area contributed by atoms with Crippen LogP contribution in [0.3, 0.4) is 0 Å². The van der Waals surface area contributed by atoms with Crippen molar-refractivity contribution in [1.82, 2.24) is 14.9 Å². The highest BCUT2D eigenvalue weighted by atomic mass is 32.1. The van der Waals surface area contributed by atoms with Crippen LogP contribution >= 0.6 is 12.2 Å². The predicted molar refractivity (Wildman–Crippen MR) is 143 cm³/mol. The SMILES string of the molecule is Fc1cccc(-n2cccc2[C@H]2[C@H](c3ccccn3)NC(=S)N2c2ccc(OC3CCCC3)cc2)c1. The lowest BCUT2D eigenvalue weighted by Crippen LogP contribution is -2.30. The van der Waals surface area contributed by atoms with E-state index in [1.54, 1.807) is 18.3 Å². The fourth-order valence-electron chi connectivity index (χ4n) is 5.31. The molecule has 5 nitrogen and oxygen atoms in total. The molecule has 1 aliphatic carbocycles. The summed E-state index contributed by atoms with van der Waals surface area (Å²) in [4.78, 5) is 6.76. The largest absolute Gasteiger partial charge is 0.490 e. The molecule has 2 fully saturated rings. The number of nitrogens with one attached hydrogen (secondary N) is 1. The Morgan fingerprint density at radius 3 is 2.50 bits per heavy atom. The van der Waals surface area contributed by atoms with Gasteiger partial charge in [0.15, 0.2) is 5.11 Å². The van der Waals surface area contributed by atoms with E-state index >= 15 is 0 Å². The van der Waals surface area contributed by atoms with Crippen molar-refractivity contribution in [2.24, 2.45) is 0 Å². The van der Waals surface area contributed by atoms with Gasteiger partial charge in [0.25, 0.3) is 0 Å². The monoisotopic (exact) mass is 498 g/mol. The van der Waals surface area contributed by atoms with Gasteiger partial charge in [-0.05, 0) is 105 Å². The summed E-state index contributed by atoms with van der Waals surface area (Å²) in [6.45, 7) is 0. The first-order chi connectivity index (χ1) is 17.7. The van der Waals surface area contributed by atoms with Gasteiger partial charge in [-0.15, -0.1) is 0 Å². The molecule has 1 aliphatic heterocycles. The predicted octanol–water partition coefficient (Wildman–Crippen LogP) is 6.51. The van der Waals surface area contributed by atoms with E-state index in [9.17, 15) is 4.39 Å². The highest BCUT2D eigenvalue weighted by Gasteiger charge is 2.42. The Bertz CT molecular complexity index is 1350. The van der Waals surface area contributed by atoms with Crippen molar-refractivity contribution in [3.8, 4) is 11.4 Å². The van der Waals surface area contributed by atoms with Gasteiger partial charge in [0.2, 0.25) is 0 Å². The third-order valence-corrected chi connectivity index (χ3v) is 7.30. The van der Waals surface area contributed by atoms with E-state index in [-0.39, 0.29) is 17.9 Å². The molecule has 1 N–H and O–H groups in total. The fraction of sp³-hybridized carbons (Fsp3) is 0.241. The zero-order valence-electron chi connectivity index (χ0n) is 19.8. The highest BCUT2D eigenvalue weighted by molar-refractivity contribution is 7.80. The zero-order chi connectivity index (χ0) is 24.5. The van der Waals surface area contributed by atoms with Gasteiger partial charge in [-0.3, -0.25) is 4.98 Å². The van der Waals surface area contributed by atoms with E-state index in [2.05, 4.69) is 33.4 Å². The van der Waals surface area contributed by atoms with Gasteiger partial charge in [0.05, 0.1) is 17.8 Å². The smallest absolute Gasteiger partial charge is 0.174 e. The lowest BCUT2D eigenvalue weighted by molar-refractivity contribution is 0.210. The molecular weight excluding hydrogens is 471 g/mol. The number of rotatable bonds is 6. The summed E-state index contributed by atoms with van der Waals surface area (Å²) in [7, 11) is 0. The van der Waals surface area contributed by atoms with E-state index in [0.29, 0.717) is 11.2 Å². The van der Waals surface area contributed by atoms with Crippen LogP contribution in [0.15, 0.2) is 91.3 Å². The number of anilines is 1. The maximum atomic E-state index is 14.1. The second-order valence-corrected chi connectivity index (χ2v) is 9.68. The van der Waals surface area contributed by atoms with Gasteiger partial charge >= 0.3 is 0 Å². The van der Waals surface area contributed by atoms with Crippen molar-refractivity contribution in [1.29, 1.82) is 0 Å². The molecule has 0 amide bonds. The Hall–Kier alpha value is -3.71. The lowest BCUT2D eigenvalue weighted by Gasteiger charge is -2.29. The molecule has 3 heterocycles. The van der Waals surface area contributed by atoms with E-state index in [1.807, 2.05) is 53.2 Å². The Morgan fingerprint density at radius 1 is 0.917 bits per heavy atom. The van der Waals surface area contributed by atoms with Gasteiger partial charge < -0.3 is 19.5 Å². The number of aromatic nitrogens is 2. The average molecular weight is 499 g/mol. The molecule has 2 atom stereocenters. The summed E-state index contributed by atoms with van der Waals surface area (Å²) < 4.78 is 22.3. The number of hydrogen-bond acceptors (Lipinski definition) is 3. The van der Waals surface area contributed by atoms with E-state index < -0.39 is 0 Å². The number of ether oxygens (including phenoxy) is 1. The zero-order valence-corrected chi connectivity index (χ0v) is 20.6. The van der Waals surface area contributed by atoms with E-state index in [1.165, 1.54) is 18.9 Å².